The van der Waals surface area contributed by atoms with E-state index >= 15 is 0 Å². The Morgan fingerprint density at radius 3 is 2.61 bits per heavy atom. The lowest BCUT2D eigenvalue weighted by molar-refractivity contribution is -0.142. The lowest BCUT2D eigenvalue weighted by atomic mass is 10.1. The molecule has 2 fully saturated rings. The fourth-order valence-electron chi connectivity index (χ4n) is 5.95. The molecule has 180 valence electrons. The van der Waals surface area contributed by atoms with E-state index in [1.807, 2.05) is 34.6 Å². The molecule has 2 atom stereocenters. The second-order valence-corrected chi connectivity index (χ2v) is 9.93. The van der Waals surface area contributed by atoms with Crippen molar-refractivity contribution in [2.75, 3.05) is 25.1 Å². The summed E-state index contributed by atoms with van der Waals surface area (Å²) in [6, 6.07) is 16.7. The number of aromatic nitrogens is 5. The van der Waals surface area contributed by atoms with Crippen molar-refractivity contribution in [1.29, 1.82) is 0 Å². The minimum atomic E-state index is -0.0773. The molecule has 1 aromatic carbocycles. The van der Waals surface area contributed by atoms with Gasteiger partial charge in [-0.2, -0.15) is 10.2 Å². The molecule has 0 radical (unpaired) electrons. The third-order valence-corrected chi connectivity index (χ3v) is 7.75. The van der Waals surface area contributed by atoms with E-state index in [1.54, 1.807) is 0 Å². The molecule has 36 heavy (non-hydrogen) atoms. The van der Waals surface area contributed by atoms with Crippen molar-refractivity contribution < 1.29 is 9.53 Å². The van der Waals surface area contributed by atoms with Crippen molar-refractivity contribution in [3.8, 4) is 16.9 Å². The van der Waals surface area contributed by atoms with E-state index in [0.717, 1.165) is 63.5 Å². The normalized spacial score (nSPS) is 20.8. The van der Waals surface area contributed by atoms with Crippen molar-refractivity contribution in [1.82, 2.24) is 24.4 Å². The van der Waals surface area contributed by atoms with Gasteiger partial charge in [0.05, 0.1) is 41.6 Å². The Bertz CT molecular complexity index is 1640. The van der Waals surface area contributed by atoms with E-state index < -0.39 is 0 Å². The summed E-state index contributed by atoms with van der Waals surface area (Å²) in [6.45, 7) is 5.81. The second kappa shape index (κ2) is 7.65. The van der Waals surface area contributed by atoms with Crippen LogP contribution < -0.4 is 4.90 Å². The molecule has 0 spiro atoms. The number of methoxy groups -OCH3 is 1. The van der Waals surface area contributed by atoms with Crippen LogP contribution in [0.3, 0.4) is 0 Å². The molecule has 5 aromatic rings. The number of para-hydroxylation sites is 1. The van der Waals surface area contributed by atoms with Gasteiger partial charge in [0.2, 0.25) is 0 Å². The quantitative estimate of drug-likeness (QED) is 0.360. The summed E-state index contributed by atoms with van der Waals surface area (Å²) in [4.78, 5) is 18.9. The van der Waals surface area contributed by atoms with Gasteiger partial charge in [0, 0.05) is 30.2 Å². The van der Waals surface area contributed by atoms with Crippen LogP contribution in [0, 0.1) is 31.6 Å². The highest BCUT2D eigenvalue weighted by Crippen LogP contribution is 2.52. The van der Waals surface area contributed by atoms with Gasteiger partial charge in [0.1, 0.15) is 11.5 Å². The van der Waals surface area contributed by atoms with E-state index in [1.165, 1.54) is 7.11 Å². The second-order valence-electron chi connectivity index (χ2n) is 9.93. The van der Waals surface area contributed by atoms with Gasteiger partial charge in [0.25, 0.3) is 0 Å². The summed E-state index contributed by atoms with van der Waals surface area (Å²) in [5.41, 5.74) is 7.13. The van der Waals surface area contributed by atoms with Crippen molar-refractivity contribution in [3.63, 3.8) is 0 Å². The first-order valence-corrected chi connectivity index (χ1v) is 12.3. The molecule has 1 saturated carbocycles. The molecule has 1 saturated heterocycles. The molecule has 8 nitrogen and oxygen atoms in total. The number of aryl methyl sites for hydroxylation is 2. The minimum absolute atomic E-state index is 0.0615. The Kier molecular flexibility index (Phi) is 4.49. The number of piperidine rings is 1. The maximum atomic E-state index is 11.9. The van der Waals surface area contributed by atoms with E-state index in [0.29, 0.717) is 11.8 Å². The summed E-state index contributed by atoms with van der Waals surface area (Å²) in [7, 11) is 1.47. The number of benzene rings is 1. The topological polar surface area (TPSA) is 77.5 Å². The maximum Gasteiger partial charge on any atom is 0.309 e. The molecular formula is C28H26N6O2. The average molecular weight is 479 g/mol. The smallest absolute Gasteiger partial charge is 0.309 e. The van der Waals surface area contributed by atoms with Crippen molar-refractivity contribution in [2.45, 2.75) is 13.8 Å². The number of ether oxygens (including phenoxy) is 1. The molecule has 2 unspecified atom stereocenters. The molecule has 1 aliphatic heterocycles. The summed E-state index contributed by atoms with van der Waals surface area (Å²) in [6.07, 6.45) is 3.86. The van der Waals surface area contributed by atoms with Gasteiger partial charge in [-0.1, -0.05) is 18.2 Å². The number of carbonyl (C=O) groups is 1. The fraction of sp³-hybridized carbons (Fsp3) is 0.286. The zero-order valence-corrected chi connectivity index (χ0v) is 20.4. The largest absolute Gasteiger partial charge is 0.469 e. The minimum Gasteiger partial charge on any atom is -0.469 e. The molecule has 0 amide bonds. The molecular weight excluding hydrogens is 452 g/mol. The molecule has 1 aliphatic carbocycles. The highest BCUT2D eigenvalue weighted by Gasteiger charge is 2.60. The van der Waals surface area contributed by atoms with Crippen LogP contribution in [0.25, 0.3) is 33.4 Å². The van der Waals surface area contributed by atoms with Gasteiger partial charge >= 0.3 is 5.97 Å². The fourth-order valence-corrected chi connectivity index (χ4v) is 5.95. The predicted molar refractivity (Wildman–Crippen MR) is 137 cm³/mol. The Morgan fingerprint density at radius 2 is 1.86 bits per heavy atom. The van der Waals surface area contributed by atoms with E-state index in [-0.39, 0.29) is 11.9 Å². The van der Waals surface area contributed by atoms with Crippen molar-refractivity contribution in [2.24, 2.45) is 17.8 Å². The molecule has 0 N–H and O–H groups in total. The average Bonchev–Trinajstić information content (AvgIpc) is 3.25. The third kappa shape index (κ3) is 3.07. The lowest BCUT2D eigenvalue weighted by Crippen LogP contribution is -2.27. The van der Waals surface area contributed by atoms with E-state index in [2.05, 4.69) is 59.4 Å². The Morgan fingerprint density at radius 1 is 1.03 bits per heavy atom. The Labute approximate surface area is 208 Å². The SMILES string of the molecule is COC(=O)C1C2CN(c3ccc(-n4nc(-c5cccn6nc(C)cc56)c5cccc(C)c54)cn3)CC21. The van der Waals surface area contributed by atoms with Crippen molar-refractivity contribution >= 4 is 28.2 Å². The third-order valence-electron chi connectivity index (χ3n) is 7.75. The number of nitrogens with zero attached hydrogens (tertiary/aromatic N) is 6. The van der Waals surface area contributed by atoms with Gasteiger partial charge in [-0.15, -0.1) is 0 Å². The maximum absolute atomic E-state index is 11.9. The van der Waals surface area contributed by atoms with Crippen LogP contribution in [-0.2, 0) is 9.53 Å². The molecule has 0 bridgehead atoms. The first kappa shape index (κ1) is 21.1. The standard InChI is InChI=1S/C28H26N6O2/c1-16-6-4-7-20-26(19-8-5-11-33-23(19)12-17(2)30-33)31-34(27(16)20)18-9-10-24(29-13-18)32-14-21-22(15-32)25(21)28(35)36-3/h4-13,21-22,25H,14-15H2,1-3H3. The number of carbonyl (C=O) groups excluding carboxylic acids is 1. The number of rotatable bonds is 4. The summed E-state index contributed by atoms with van der Waals surface area (Å²) < 4.78 is 8.84. The first-order valence-electron chi connectivity index (χ1n) is 12.3. The van der Waals surface area contributed by atoms with Crippen LogP contribution in [0.5, 0.6) is 0 Å². The number of esters is 1. The van der Waals surface area contributed by atoms with E-state index in [9.17, 15) is 4.79 Å². The van der Waals surface area contributed by atoms with Gasteiger partial charge in [0.15, 0.2) is 0 Å². The van der Waals surface area contributed by atoms with Crippen LogP contribution in [-0.4, -0.2) is 50.5 Å². The number of hydrogen-bond donors (Lipinski definition) is 0. The van der Waals surface area contributed by atoms with Gasteiger partial charge < -0.3 is 9.64 Å². The van der Waals surface area contributed by atoms with Gasteiger partial charge in [-0.05, 0) is 61.6 Å². The van der Waals surface area contributed by atoms with Crippen LogP contribution in [0.4, 0.5) is 5.82 Å². The molecule has 8 heteroatoms. The van der Waals surface area contributed by atoms with Crippen LogP contribution >= 0.6 is 0 Å². The number of hydrogen-bond acceptors (Lipinski definition) is 6. The predicted octanol–water partition coefficient (Wildman–Crippen LogP) is 4.21. The summed E-state index contributed by atoms with van der Waals surface area (Å²) in [5, 5.41) is 10.8. The van der Waals surface area contributed by atoms with E-state index in [4.69, 9.17) is 14.8 Å². The zero-order chi connectivity index (χ0) is 24.6. The zero-order valence-electron chi connectivity index (χ0n) is 20.4. The van der Waals surface area contributed by atoms with Crippen LogP contribution in [0.1, 0.15) is 11.3 Å². The van der Waals surface area contributed by atoms with Crippen LogP contribution in [0.2, 0.25) is 0 Å². The van der Waals surface area contributed by atoms with Gasteiger partial charge in [-0.25, -0.2) is 14.2 Å². The Hall–Kier alpha value is -4.20. The number of pyridine rings is 2. The highest BCUT2D eigenvalue weighted by molar-refractivity contribution is 5.99. The molecule has 5 heterocycles. The number of fused-ring (bicyclic) bond motifs is 3. The lowest BCUT2D eigenvalue weighted by Gasteiger charge is -2.20. The summed E-state index contributed by atoms with van der Waals surface area (Å²) >= 11 is 0. The molecule has 4 aromatic heterocycles. The first-order chi connectivity index (χ1) is 17.5. The van der Waals surface area contributed by atoms with Crippen molar-refractivity contribution in [3.05, 3.63) is 72.2 Å². The molecule has 7 rings (SSSR count). The molecule has 2 aliphatic rings. The monoisotopic (exact) mass is 478 g/mol. The Balaban J connectivity index is 1.26. The highest BCUT2D eigenvalue weighted by atomic mass is 16.5. The number of anilines is 1. The summed E-state index contributed by atoms with van der Waals surface area (Å²) in [5.74, 6) is 1.68. The van der Waals surface area contributed by atoms with Crippen LogP contribution in [0.15, 0.2) is 60.9 Å². The van der Waals surface area contributed by atoms with Gasteiger partial charge in [-0.3, -0.25) is 4.79 Å².